The van der Waals surface area contributed by atoms with Crippen molar-refractivity contribution in [1.29, 1.82) is 0 Å². The number of carbonyl (C=O) groups is 1. The fraction of sp³-hybridized carbons (Fsp3) is 0.647. The first-order chi connectivity index (χ1) is 11.6. The number of amides is 1. The lowest BCUT2D eigenvalue weighted by Crippen LogP contribution is -2.56. The number of nitrogens with two attached hydrogens (primary N) is 2. The zero-order valence-corrected chi connectivity index (χ0v) is 14.7. The van der Waals surface area contributed by atoms with Crippen LogP contribution in [-0.4, -0.2) is 42.0 Å². The Labute approximate surface area is 146 Å². The Morgan fingerprint density at radius 3 is 2.52 bits per heavy atom. The Balaban J connectivity index is 0.000000242. The predicted molar refractivity (Wildman–Crippen MR) is 91.7 cm³/mol. The fourth-order valence-electron chi connectivity index (χ4n) is 2.35. The van der Waals surface area contributed by atoms with Crippen molar-refractivity contribution in [3.05, 3.63) is 18.3 Å². The van der Waals surface area contributed by atoms with Crippen LogP contribution in [0, 0.1) is 5.92 Å². The highest BCUT2D eigenvalue weighted by atomic mass is 19.3. The average molecular weight is 356 g/mol. The lowest BCUT2D eigenvalue weighted by Gasteiger charge is -2.40. The summed E-state index contributed by atoms with van der Waals surface area (Å²) < 4.78 is 31.2. The van der Waals surface area contributed by atoms with Gasteiger partial charge < -0.3 is 21.1 Å². The van der Waals surface area contributed by atoms with Crippen LogP contribution >= 0.6 is 0 Å². The van der Waals surface area contributed by atoms with Crippen LogP contribution in [0.15, 0.2) is 18.3 Å². The molecule has 1 saturated carbocycles. The van der Waals surface area contributed by atoms with Crippen LogP contribution in [-0.2, 0) is 4.79 Å². The van der Waals surface area contributed by atoms with Gasteiger partial charge in [0.25, 0.3) is 5.92 Å². The second-order valence-electron chi connectivity index (χ2n) is 7.43. The molecule has 1 aliphatic heterocycles. The normalized spacial score (nSPS) is 18.7. The van der Waals surface area contributed by atoms with E-state index >= 15 is 0 Å². The molecule has 2 heterocycles. The van der Waals surface area contributed by atoms with Gasteiger partial charge in [-0.1, -0.05) is 0 Å². The van der Waals surface area contributed by atoms with Crippen LogP contribution in [0.5, 0.6) is 5.88 Å². The number of anilines is 1. The number of halogens is 2. The van der Waals surface area contributed by atoms with Crippen molar-refractivity contribution in [2.45, 2.75) is 44.6 Å². The molecule has 0 atom stereocenters. The van der Waals surface area contributed by atoms with E-state index in [0.29, 0.717) is 24.1 Å². The molecule has 8 heteroatoms. The smallest absolute Gasteiger partial charge is 0.282 e. The van der Waals surface area contributed by atoms with Crippen molar-refractivity contribution in [2.75, 3.05) is 24.6 Å². The molecule has 1 amide bonds. The van der Waals surface area contributed by atoms with Gasteiger partial charge in [-0.15, -0.1) is 0 Å². The summed E-state index contributed by atoms with van der Waals surface area (Å²) in [7, 11) is 0. The number of aromatic nitrogens is 1. The van der Waals surface area contributed by atoms with Gasteiger partial charge in [-0.3, -0.25) is 4.79 Å². The van der Waals surface area contributed by atoms with Gasteiger partial charge in [0.1, 0.15) is 5.69 Å². The zero-order valence-electron chi connectivity index (χ0n) is 14.7. The molecule has 2 fully saturated rings. The van der Waals surface area contributed by atoms with E-state index in [4.69, 9.17) is 16.2 Å². The summed E-state index contributed by atoms with van der Waals surface area (Å²) in [4.78, 5) is 15.9. The molecule has 1 aliphatic carbocycles. The molecule has 1 aromatic rings. The van der Waals surface area contributed by atoms with Crippen molar-refractivity contribution >= 4 is 11.6 Å². The lowest BCUT2D eigenvalue weighted by molar-refractivity contribution is -0.118. The van der Waals surface area contributed by atoms with E-state index in [1.54, 1.807) is 37.1 Å². The second-order valence-corrected chi connectivity index (χ2v) is 7.43. The number of hydrogen-bond acceptors (Lipinski definition) is 5. The first kappa shape index (κ1) is 19.4. The third-order valence-corrected chi connectivity index (χ3v) is 3.72. The van der Waals surface area contributed by atoms with Gasteiger partial charge in [-0.25, -0.2) is 13.8 Å². The molecule has 1 saturated heterocycles. The van der Waals surface area contributed by atoms with E-state index in [0.717, 1.165) is 0 Å². The van der Waals surface area contributed by atoms with E-state index in [-0.39, 0.29) is 25.4 Å². The van der Waals surface area contributed by atoms with Gasteiger partial charge in [0.2, 0.25) is 11.8 Å². The van der Waals surface area contributed by atoms with E-state index in [1.165, 1.54) is 12.8 Å². The quantitative estimate of drug-likeness (QED) is 0.812. The summed E-state index contributed by atoms with van der Waals surface area (Å²) in [5.41, 5.74) is 10.5. The number of nitrogens with zero attached hydrogens (tertiary/aromatic N) is 2. The number of hydrogen-bond donors (Lipinski definition) is 2. The number of primary amides is 1. The van der Waals surface area contributed by atoms with Gasteiger partial charge >= 0.3 is 0 Å². The topological polar surface area (TPSA) is 94.5 Å². The standard InChI is InChI=1S/C12H14F2N2O.C5H12N2O/c13-12(14)7-16(8-12)10-2-1-5-15-11(10)17-6-9-3-4-9;1-5(2,7)3-4(6)8/h1-2,5,9H,3-4,6-8H2;3,7H2,1-2H3,(H2,6,8). The maximum Gasteiger partial charge on any atom is 0.282 e. The number of carbonyl (C=O) groups excluding carboxylic acids is 1. The van der Waals surface area contributed by atoms with E-state index in [2.05, 4.69) is 4.98 Å². The Kier molecular flexibility index (Phi) is 5.82. The number of rotatable bonds is 6. The number of ether oxygens (including phenoxy) is 1. The summed E-state index contributed by atoms with van der Waals surface area (Å²) in [6.45, 7) is 3.70. The third-order valence-electron chi connectivity index (χ3n) is 3.72. The van der Waals surface area contributed by atoms with Crippen LogP contribution in [0.4, 0.5) is 14.5 Å². The second kappa shape index (κ2) is 7.51. The summed E-state index contributed by atoms with van der Waals surface area (Å²) in [5.74, 6) is -1.81. The van der Waals surface area contributed by atoms with Crippen molar-refractivity contribution < 1.29 is 18.3 Å². The third kappa shape index (κ3) is 6.81. The summed E-state index contributed by atoms with van der Waals surface area (Å²) >= 11 is 0. The summed E-state index contributed by atoms with van der Waals surface area (Å²) in [5, 5.41) is 0. The molecule has 0 bridgehead atoms. The molecule has 0 unspecified atom stereocenters. The van der Waals surface area contributed by atoms with Gasteiger partial charge in [0.05, 0.1) is 19.7 Å². The van der Waals surface area contributed by atoms with Crippen molar-refractivity contribution in [3.8, 4) is 5.88 Å². The Hall–Kier alpha value is -1.96. The van der Waals surface area contributed by atoms with Gasteiger partial charge in [0, 0.05) is 18.2 Å². The van der Waals surface area contributed by atoms with Crippen LogP contribution in [0.3, 0.4) is 0 Å². The maximum atomic E-state index is 12.8. The molecule has 1 aromatic heterocycles. The van der Waals surface area contributed by atoms with Gasteiger partial charge in [-0.05, 0) is 44.7 Å². The van der Waals surface area contributed by atoms with Crippen LogP contribution in [0.25, 0.3) is 0 Å². The van der Waals surface area contributed by atoms with Crippen LogP contribution < -0.4 is 21.1 Å². The molecule has 0 spiro atoms. The molecule has 0 radical (unpaired) electrons. The number of alkyl halides is 2. The molecule has 2 aliphatic rings. The van der Waals surface area contributed by atoms with Crippen LogP contribution in [0.2, 0.25) is 0 Å². The lowest BCUT2D eigenvalue weighted by atomic mass is 10.0. The maximum absolute atomic E-state index is 12.8. The molecule has 0 aromatic carbocycles. The molecule has 6 nitrogen and oxygen atoms in total. The van der Waals surface area contributed by atoms with E-state index in [9.17, 15) is 13.6 Å². The Bertz CT molecular complexity index is 593. The van der Waals surface area contributed by atoms with E-state index in [1.807, 2.05) is 0 Å². The minimum absolute atomic E-state index is 0.238. The fourth-order valence-corrected chi connectivity index (χ4v) is 2.35. The van der Waals surface area contributed by atoms with Crippen molar-refractivity contribution in [3.63, 3.8) is 0 Å². The minimum Gasteiger partial charge on any atom is -0.476 e. The van der Waals surface area contributed by atoms with Crippen molar-refractivity contribution in [2.24, 2.45) is 17.4 Å². The Morgan fingerprint density at radius 2 is 2.08 bits per heavy atom. The highest BCUT2D eigenvalue weighted by Gasteiger charge is 2.45. The summed E-state index contributed by atoms with van der Waals surface area (Å²) in [6.07, 6.45) is 4.27. The predicted octanol–water partition coefficient (Wildman–Crippen LogP) is 1.92. The molecular formula is C17H26F2N4O2. The SMILES string of the molecule is CC(C)(N)CC(N)=O.FC1(F)CN(c2cccnc2OCC2CC2)C1. The monoisotopic (exact) mass is 356 g/mol. The summed E-state index contributed by atoms with van der Waals surface area (Å²) in [6, 6.07) is 3.53. The molecule has 3 rings (SSSR count). The largest absolute Gasteiger partial charge is 0.476 e. The molecule has 140 valence electrons. The highest BCUT2D eigenvalue weighted by molar-refractivity contribution is 5.74. The first-order valence-corrected chi connectivity index (χ1v) is 8.33. The highest BCUT2D eigenvalue weighted by Crippen LogP contribution is 2.37. The van der Waals surface area contributed by atoms with Crippen LogP contribution in [0.1, 0.15) is 33.1 Å². The molecule has 25 heavy (non-hydrogen) atoms. The van der Waals surface area contributed by atoms with Gasteiger partial charge in [0.15, 0.2) is 0 Å². The number of pyridine rings is 1. The molecular weight excluding hydrogens is 330 g/mol. The molecule has 4 N–H and O–H groups in total. The van der Waals surface area contributed by atoms with Crippen molar-refractivity contribution in [1.82, 2.24) is 4.98 Å². The Morgan fingerprint density at radius 1 is 1.44 bits per heavy atom. The zero-order chi connectivity index (χ0) is 18.7. The van der Waals surface area contributed by atoms with Gasteiger partial charge in [-0.2, -0.15) is 0 Å². The minimum atomic E-state index is -2.57. The first-order valence-electron chi connectivity index (χ1n) is 8.33. The van der Waals surface area contributed by atoms with E-state index < -0.39 is 11.5 Å². The average Bonchev–Trinajstić information content (AvgIpc) is 3.25.